The molecule has 0 unspecified atom stereocenters. The fraction of sp³-hybridized carbons (Fsp3) is 0.316. The number of esters is 1. The number of fused-ring (bicyclic) bond motifs is 1. The molecule has 0 fully saturated rings. The maximum absolute atomic E-state index is 12.5. The van der Waals surface area contributed by atoms with Crippen LogP contribution in [0.3, 0.4) is 0 Å². The van der Waals surface area contributed by atoms with Crippen molar-refractivity contribution in [1.29, 1.82) is 0 Å². The van der Waals surface area contributed by atoms with Crippen molar-refractivity contribution in [2.45, 2.75) is 24.3 Å². The number of carbonyl (C=O) groups excluding carboxylic acids is 1. The quantitative estimate of drug-likeness (QED) is 0.702. The lowest BCUT2D eigenvalue weighted by molar-refractivity contribution is -0.150. The van der Waals surface area contributed by atoms with Crippen LogP contribution >= 0.6 is 0 Å². The highest BCUT2D eigenvalue weighted by atomic mass is 32.2. The van der Waals surface area contributed by atoms with Crippen LogP contribution in [0, 0.1) is 0 Å². The van der Waals surface area contributed by atoms with E-state index in [4.69, 9.17) is 9.47 Å². The van der Waals surface area contributed by atoms with Crippen molar-refractivity contribution in [3.8, 4) is 5.75 Å². The molecule has 144 valence electrons. The second kappa shape index (κ2) is 8.41. The van der Waals surface area contributed by atoms with Gasteiger partial charge in [0.2, 0.25) is 16.1 Å². The number of nitrogens with one attached hydrogen (secondary N) is 2. The molecule has 0 aromatic heterocycles. The topological polar surface area (TPSA) is 93.7 Å². The zero-order valence-electron chi connectivity index (χ0n) is 15.0. The van der Waals surface area contributed by atoms with Crippen LogP contribution in [0.4, 0.5) is 5.69 Å². The minimum absolute atomic E-state index is 0.0839. The summed E-state index contributed by atoms with van der Waals surface area (Å²) in [6.07, 6.45) is -0.213. The van der Waals surface area contributed by atoms with E-state index in [2.05, 4.69) is 10.0 Å². The SMILES string of the molecule is CCOC(=O)[C@@H]1CNc2ccc(S(=O)(=O)NCCc3ccccc3)cc2O1. The van der Waals surface area contributed by atoms with E-state index in [1.165, 1.54) is 12.1 Å². The molecule has 0 saturated heterocycles. The van der Waals surface area contributed by atoms with E-state index in [1.807, 2.05) is 30.3 Å². The molecule has 3 rings (SSSR count). The Labute approximate surface area is 158 Å². The van der Waals surface area contributed by atoms with Crippen LogP contribution < -0.4 is 14.8 Å². The van der Waals surface area contributed by atoms with Gasteiger partial charge in [-0.1, -0.05) is 30.3 Å². The molecule has 1 atom stereocenters. The molecule has 2 aromatic rings. The Hall–Kier alpha value is -2.58. The van der Waals surface area contributed by atoms with Gasteiger partial charge >= 0.3 is 5.97 Å². The Kier molecular flexibility index (Phi) is 5.98. The summed E-state index contributed by atoms with van der Waals surface area (Å²) in [6.45, 7) is 2.53. The number of hydrogen-bond donors (Lipinski definition) is 2. The van der Waals surface area contributed by atoms with Gasteiger partial charge in [0.15, 0.2) is 0 Å². The summed E-state index contributed by atoms with van der Waals surface area (Å²) in [4.78, 5) is 11.9. The first-order chi connectivity index (χ1) is 13.0. The second-order valence-electron chi connectivity index (χ2n) is 6.03. The third-order valence-corrected chi connectivity index (χ3v) is 5.57. The zero-order chi connectivity index (χ0) is 19.3. The molecule has 0 amide bonds. The lowest BCUT2D eigenvalue weighted by atomic mass is 10.2. The van der Waals surface area contributed by atoms with Gasteiger partial charge in [0.05, 0.1) is 23.7 Å². The first kappa shape index (κ1) is 19.2. The highest BCUT2D eigenvalue weighted by Crippen LogP contribution is 2.31. The lowest BCUT2D eigenvalue weighted by Gasteiger charge is -2.26. The van der Waals surface area contributed by atoms with Crippen LogP contribution in [0.1, 0.15) is 12.5 Å². The van der Waals surface area contributed by atoms with Gasteiger partial charge in [-0.25, -0.2) is 17.9 Å². The molecule has 0 aliphatic carbocycles. The van der Waals surface area contributed by atoms with Gasteiger partial charge in [0.25, 0.3) is 0 Å². The normalized spacial score (nSPS) is 16.0. The van der Waals surface area contributed by atoms with Crippen molar-refractivity contribution in [1.82, 2.24) is 4.72 Å². The molecule has 7 nitrogen and oxygen atoms in total. The lowest BCUT2D eigenvalue weighted by Crippen LogP contribution is -2.39. The van der Waals surface area contributed by atoms with Crippen molar-refractivity contribution in [2.75, 3.05) is 25.0 Å². The highest BCUT2D eigenvalue weighted by Gasteiger charge is 2.28. The predicted molar refractivity (Wildman–Crippen MR) is 101 cm³/mol. The first-order valence-corrected chi connectivity index (χ1v) is 10.2. The molecule has 8 heteroatoms. The molecule has 0 bridgehead atoms. The summed E-state index contributed by atoms with van der Waals surface area (Å²) in [5.74, 6) is -0.171. The van der Waals surface area contributed by atoms with Crippen molar-refractivity contribution in [3.05, 3.63) is 54.1 Å². The second-order valence-corrected chi connectivity index (χ2v) is 7.80. The highest BCUT2D eigenvalue weighted by molar-refractivity contribution is 7.89. The Bertz CT molecular complexity index is 900. The van der Waals surface area contributed by atoms with E-state index in [-0.39, 0.29) is 24.6 Å². The van der Waals surface area contributed by atoms with Crippen LogP contribution in [-0.4, -0.2) is 40.2 Å². The maximum Gasteiger partial charge on any atom is 0.349 e. The fourth-order valence-corrected chi connectivity index (χ4v) is 3.78. The van der Waals surface area contributed by atoms with Crippen LogP contribution in [-0.2, 0) is 26.0 Å². The fourth-order valence-electron chi connectivity index (χ4n) is 2.74. The third-order valence-electron chi connectivity index (χ3n) is 4.11. The Morgan fingerprint density at radius 2 is 2.04 bits per heavy atom. The molecule has 2 aromatic carbocycles. The minimum atomic E-state index is -3.69. The van der Waals surface area contributed by atoms with E-state index in [0.717, 1.165) is 5.56 Å². The molecule has 1 aliphatic heterocycles. The van der Waals surface area contributed by atoms with Gasteiger partial charge in [-0.15, -0.1) is 0 Å². The van der Waals surface area contributed by atoms with Crippen molar-refractivity contribution in [3.63, 3.8) is 0 Å². The van der Waals surface area contributed by atoms with Gasteiger partial charge in [-0.3, -0.25) is 0 Å². The van der Waals surface area contributed by atoms with E-state index < -0.39 is 22.1 Å². The third kappa shape index (κ3) is 4.78. The minimum Gasteiger partial charge on any atom is -0.475 e. The molecular weight excluding hydrogens is 368 g/mol. The maximum atomic E-state index is 12.5. The molecule has 2 N–H and O–H groups in total. The summed E-state index contributed by atoms with van der Waals surface area (Å²) >= 11 is 0. The number of carbonyl (C=O) groups is 1. The molecule has 0 radical (unpaired) electrons. The monoisotopic (exact) mass is 390 g/mol. The standard InChI is InChI=1S/C19H22N2O5S/c1-2-25-19(22)18-13-20-16-9-8-15(12-17(16)26-18)27(23,24)21-11-10-14-6-4-3-5-7-14/h3-9,12,18,20-21H,2,10-11,13H2,1H3/t18-/m0/s1. The zero-order valence-corrected chi connectivity index (χ0v) is 15.8. The van der Waals surface area contributed by atoms with Gasteiger partial charge in [-0.05, 0) is 31.0 Å². The summed E-state index contributed by atoms with van der Waals surface area (Å²) in [7, 11) is -3.69. The number of hydrogen-bond acceptors (Lipinski definition) is 6. The number of benzene rings is 2. The van der Waals surface area contributed by atoms with Crippen LogP contribution in [0.25, 0.3) is 0 Å². The van der Waals surface area contributed by atoms with Crippen molar-refractivity contribution in [2.24, 2.45) is 0 Å². The number of ether oxygens (including phenoxy) is 2. The van der Waals surface area contributed by atoms with Crippen molar-refractivity contribution >= 4 is 21.7 Å². The van der Waals surface area contributed by atoms with E-state index in [9.17, 15) is 13.2 Å². The summed E-state index contributed by atoms with van der Waals surface area (Å²) in [5.41, 5.74) is 1.69. The van der Waals surface area contributed by atoms with E-state index >= 15 is 0 Å². The van der Waals surface area contributed by atoms with Gasteiger partial charge < -0.3 is 14.8 Å². The van der Waals surface area contributed by atoms with Crippen LogP contribution in [0.2, 0.25) is 0 Å². The summed E-state index contributed by atoms with van der Waals surface area (Å²) in [6, 6.07) is 14.2. The first-order valence-electron chi connectivity index (χ1n) is 8.74. The van der Waals surface area contributed by atoms with Crippen LogP contribution in [0.15, 0.2) is 53.4 Å². The Balaban J connectivity index is 1.68. The Morgan fingerprint density at radius 1 is 1.26 bits per heavy atom. The number of anilines is 1. The molecular formula is C19H22N2O5S. The van der Waals surface area contributed by atoms with Crippen molar-refractivity contribution < 1.29 is 22.7 Å². The molecule has 0 spiro atoms. The number of rotatable bonds is 7. The van der Waals surface area contributed by atoms with Crippen LogP contribution in [0.5, 0.6) is 5.75 Å². The molecule has 1 heterocycles. The Morgan fingerprint density at radius 3 is 2.78 bits per heavy atom. The van der Waals surface area contributed by atoms with Gasteiger partial charge in [0.1, 0.15) is 5.75 Å². The summed E-state index contributed by atoms with van der Waals surface area (Å²) in [5, 5.41) is 3.05. The largest absolute Gasteiger partial charge is 0.475 e. The molecule has 0 saturated carbocycles. The average Bonchev–Trinajstić information content (AvgIpc) is 2.68. The average molecular weight is 390 g/mol. The summed E-state index contributed by atoms with van der Waals surface area (Å²) < 4.78 is 38.3. The smallest absolute Gasteiger partial charge is 0.349 e. The van der Waals surface area contributed by atoms with E-state index in [1.54, 1.807) is 13.0 Å². The van der Waals surface area contributed by atoms with Gasteiger partial charge in [0, 0.05) is 12.6 Å². The number of sulfonamides is 1. The molecule has 1 aliphatic rings. The molecule has 27 heavy (non-hydrogen) atoms. The van der Waals surface area contributed by atoms with Gasteiger partial charge in [-0.2, -0.15) is 0 Å². The predicted octanol–water partition coefficient (Wildman–Crippen LogP) is 1.94. The van der Waals surface area contributed by atoms with E-state index in [0.29, 0.717) is 17.9 Å².